The van der Waals surface area contributed by atoms with Gasteiger partial charge in [-0.05, 0) is 74.6 Å². The Morgan fingerprint density at radius 2 is 1.68 bits per heavy atom. The maximum absolute atomic E-state index is 14.4. The van der Waals surface area contributed by atoms with Gasteiger partial charge in [-0.2, -0.15) is 5.10 Å². The van der Waals surface area contributed by atoms with E-state index < -0.39 is 24.2 Å². The number of hydrogen-bond donors (Lipinski definition) is 3. The summed E-state index contributed by atoms with van der Waals surface area (Å²) in [6.07, 6.45) is 7.80. The van der Waals surface area contributed by atoms with Crippen molar-refractivity contribution in [2.75, 3.05) is 6.54 Å². The molecular weight excluding hydrogens is 950 g/mol. The molecule has 10 rings (SSSR count). The van der Waals surface area contributed by atoms with Crippen LogP contribution in [0.15, 0.2) is 103 Å². The number of aromatic nitrogens is 7. The summed E-state index contributed by atoms with van der Waals surface area (Å²) in [4.78, 5) is 54.4. The number of rotatable bonds is 14. The van der Waals surface area contributed by atoms with Crippen LogP contribution >= 0.6 is 22.9 Å². The number of hydrogen-bond acceptors (Lipinski definition) is 11. The molecule has 3 N–H and O–H groups in total. The molecule has 372 valence electrons. The minimum absolute atomic E-state index is 0.0484. The number of carbonyl (C=O) groups is 3. The highest BCUT2D eigenvalue weighted by Crippen LogP contribution is 2.40. The van der Waals surface area contributed by atoms with Crippen LogP contribution in [0, 0.1) is 26.7 Å². The van der Waals surface area contributed by atoms with E-state index in [1.54, 1.807) is 28.4 Å². The number of nitrogens with one attached hydrogen (secondary N) is 2. The third-order valence-electron chi connectivity index (χ3n) is 14.2. The highest BCUT2D eigenvalue weighted by Gasteiger charge is 2.43. The van der Waals surface area contributed by atoms with Gasteiger partial charge in [0, 0.05) is 89.6 Å². The molecule has 0 unspecified atom stereocenters. The molecule has 2 aliphatic heterocycles. The van der Waals surface area contributed by atoms with Gasteiger partial charge in [-0.3, -0.25) is 28.6 Å². The summed E-state index contributed by atoms with van der Waals surface area (Å²) in [6.45, 7) is 12.0. The van der Waals surface area contributed by atoms with Gasteiger partial charge in [0.05, 0.1) is 30.5 Å². The van der Waals surface area contributed by atoms with Gasteiger partial charge >= 0.3 is 0 Å². The Hall–Kier alpha value is -6.95. The monoisotopic (exact) mass is 1010 g/mol. The summed E-state index contributed by atoms with van der Waals surface area (Å²) in [5.74, 6) is 1.99. The lowest BCUT2D eigenvalue weighted by atomic mass is 9.89. The van der Waals surface area contributed by atoms with Crippen molar-refractivity contribution in [1.29, 1.82) is 0 Å². The molecule has 1 saturated carbocycles. The van der Waals surface area contributed by atoms with Crippen LogP contribution in [0.5, 0.6) is 5.75 Å². The maximum Gasteiger partial charge on any atom is 0.248 e. The van der Waals surface area contributed by atoms with Crippen molar-refractivity contribution in [2.45, 2.75) is 110 Å². The Morgan fingerprint density at radius 3 is 2.40 bits per heavy atom. The number of aryl methyl sites for hydroxylation is 3. The predicted molar refractivity (Wildman–Crippen MR) is 276 cm³/mol. The third-order valence-corrected chi connectivity index (χ3v) is 15.6. The number of ether oxygens (including phenoxy) is 1. The molecule has 0 bridgehead atoms. The van der Waals surface area contributed by atoms with Crippen LogP contribution in [-0.2, 0) is 21.4 Å². The van der Waals surface area contributed by atoms with E-state index in [0.29, 0.717) is 29.4 Å². The fourth-order valence-electron chi connectivity index (χ4n) is 10.1. The zero-order valence-electron chi connectivity index (χ0n) is 41.3. The number of thiophene rings is 1. The van der Waals surface area contributed by atoms with Gasteiger partial charge in [0.25, 0.3) is 0 Å². The van der Waals surface area contributed by atoms with Crippen molar-refractivity contribution in [1.82, 2.24) is 49.6 Å². The first kappa shape index (κ1) is 48.7. The van der Waals surface area contributed by atoms with Crippen molar-refractivity contribution >= 4 is 46.4 Å². The molecule has 6 heterocycles. The van der Waals surface area contributed by atoms with E-state index in [0.717, 1.165) is 61.3 Å². The van der Waals surface area contributed by atoms with Gasteiger partial charge in [-0.1, -0.05) is 74.0 Å². The molecule has 5 atom stereocenters. The first-order chi connectivity index (χ1) is 34.6. The first-order valence-electron chi connectivity index (χ1n) is 24.4. The number of benzene rings is 3. The first-order valence-corrected chi connectivity index (χ1v) is 25.6. The van der Waals surface area contributed by atoms with E-state index in [1.165, 1.54) is 9.78 Å². The van der Waals surface area contributed by atoms with Crippen molar-refractivity contribution in [2.24, 2.45) is 18.0 Å². The summed E-state index contributed by atoms with van der Waals surface area (Å²) < 4.78 is 12.1. The van der Waals surface area contributed by atoms with Gasteiger partial charge in [0.1, 0.15) is 46.6 Å². The molecule has 1 aliphatic carbocycles. The quantitative estimate of drug-likeness (QED) is 0.0966. The van der Waals surface area contributed by atoms with Crippen LogP contribution in [0.25, 0.3) is 27.5 Å². The average molecular weight is 1010 g/mol. The normalized spacial score (nSPS) is 20.2. The average Bonchev–Trinajstić information content (AvgIpc) is 4.19. The second kappa shape index (κ2) is 19.9. The Kier molecular flexibility index (Phi) is 13.5. The van der Waals surface area contributed by atoms with Crippen molar-refractivity contribution in [3.05, 3.63) is 141 Å². The standard InChI is InChI=1S/C54H58ClN11O5S/c1-29(2)49(53(70)64-28-41(67)24-45(64)52(69)58-31(4)34-11-13-36(14-12-34)50-56-19-20-63(50)7)65-27-38(26-57-65)37-9-8-10-42(21-37)71-43-22-40(23-43)59-46(68)25-44-51-62-61-33(6)66(51)54-47(30(3)32(5)72-54)48(60-44)35-15-17-39(55)18-16-35/h8-21,26-27,29,31,40-41,43-45,49,67H,22-25,28H2,1-7H3,(H,58,69)(H,59,68)/t31-,40?,41+,43?,44-,45-,49-/m0/s1. The largest absolute Gasteiger partial charge is 0.490 e. The van der Waals surface area contributed by atoms with Crippen LogP contribution < -0.4 is 15.4 Å². The van der Waals surface area contributed by atoms with Crippen molar-refractivity contribution in [3.8, 4) is 33.3 Å². The molecule has 3 aromatic carbocycles. The minimum atomic E-state index is -0.841. The molecule has 4 aromatic heterocycles. The van der Waals surface area contributed by atoms with E-state index in [1.807, 2.05) is 129 Å². The zero-order chi connectivity index (χ0) is 50.5. The highest BCUT2D eigenvalue weighted by atomic mass is 35.5. The number of aliphatic hydroxyl groups excluding tert-OH is 1. The predicted octanol–water partition coefficient (Wildman–Crippen LogP) is 8.22. The second-order valence-electron chi connectivity index (χ2n) is 19.6. The number of nitrogens with zero attached hydrogens (tertiary/aromatic N) is 9. The van der Waals surface area contributed by atoms with Gasteiger partial charge < -0.3 is 29.9 Å². The molecule has 72 heavy (non-hydrogen) atoms. The molecule has 1 saturated heterocycles. The lowest BCUT2D eigenvalue weighted by Gasteiger charge is -2.36. The number of aliphatic imine (C=N–C) groups is 1. The summed E-state index contributed by atoms with van der Waals surface area (Å²) in [7, 11) is 1.94. The number of carbonyl (C=O) groups excluding carboxylic acids is 3. The molecule has 2 fully saturated rings. The van der Waals surface area contributed by atoms with E-state index in [2.05, 4.69) is 44.8 Å². The van der Waals surface area contributed by atoms with Crippen LogP contribution in [0.3, 0.4) is 0 Å². The van der Waals surface area contributed by atoms with Gasteiger partial charge in [0.15, 0.2) is 5.82 Å². The minimum Gasteiger partial charge on any atom is -0.490 e. The Morgan fingerprint density at radius 1 is 0.931 bits per heavy atom. The smallest absolute Gasteiger partial charge is 0.248 e. The van der Waals surface area contributed by atoms with Crippen LogP contribution in [0.1, 0.15) is 103 Å². The molecule has 18 heteroatoms. The lowest BCUT2D eigenvalue weighted by Crippen LogP contribution is -2.49. The van der Waals surface area contributed by atoms with E-state index in [9.17, 15) is 19.5 Å². The van der Waals surface area contributed by atoms with E-state index >= 15 is 0 Å². The molecule has 0 radical (unpaired) electrons. The SMILES string of the molecule is Cc1sc2c(c1C)C(c1ccc(Cl)cc1)=N[C@@H](CC(=O)NC1CC(Oc3cccc(-c4cnn([C@H](C(=O)N5C[C@H](O)C[C@H]5C(=O)N[C@@H](C)c5ccc(-c6nccn6C)cc5)C(C)C)c4)c3)C1)c1nnc(C)n1-2. The Labute approximate surface area is 427 Å². The third kappa shape index (κ3) is 9.60. The Bertz CT molecular complexity index is 3190. The van der Waals surface area contributed by atoms with Gasteiger partial charge in [-0.15, -0.1) is 21.5 Å². The number of likely N-dealkylation sites (tertiary alicyclic amines) is 1. The lowest BCUT2D eigenvalue weighted by molar-refractivity contribution is -0.142. The summed E-state index contributed by atoms with van der Waals surface area (Å²) in [5.41, 5.74) is 7.38. The maximum atomic E-state index is 14.4. The van der Waals surface area contributed by atoms with Crippen molar-refractivity contribution < 1.29 is 24.2 Å². The number of β-amino-alcohol motifs (C(OH)–C–C–N with tert-alkyl or cyclic N) is 1. The molecular formula is C54H58ClN11O5S. The number of halogens is 1. The summed E-state index contributed by atoms with van der Waals surface area (Å²) in [5, 5.41) is 32.4. The zero-order valence-corrected chi connectivity index (χ0v) is 42.9. The van der Waals surface area contributed by atoms with Gasteiger partial charge in [0.2, 0.25) is 17.7 Å². The van der Waals surface area contributed by atoms with Crippen LogP contribution in [0.4, 0.5) is 0 Å². The fraction of sp³-hybridized carbons (Fsp3) is 0.370. The summed E-state index contributed by atoms with van der Waals surface area (Å²) >= 11 is 7.96. The molecule has 3 aliphatic rings. The van der Waals surface area contributed by atoms with Crippen molar-refractivity contribution in [3.63, 3.8) is 0 Å². The summed E-state index contributed by atoms with van der Waals surface area (Å²) in [6, 6.07) is 20.7. The molecule has 16 nitrogen and oxygen atoms in total. The second-order valence-corrected chi connectivity index (χ2v) is 21.3. The molecule has 7 aromatic rings. The Balaban J connectivity index is 0.762. The molecule has 0 spiro atoms. The number of aliphatic hydroxyl groups is 1. The van der Waals surface area contributed by atoms with E-state index in [4.69, 9.17) is 21.3 Å². The number of amides is 3. The number of fused-ring (bicyclic) bond motifs is 3. The number of imidazole rings is 1. The van der Waals surface area contributed by atoms with Gasteiger partial charge in [-0.25, -0.2) is 4.98 Å². The van der Waals surface area contributed by atoms with Crippen LogP contribution in [0.2, 0.25) is 5.02 Å². The van der Waals surface area contributed by atoms with Crippen LogP contribution in [-0.4, -0.2) is 98.4 Å². The fourth-order valence-corrected chi connectivity index (χ4v) is 11.4. The molecule has 3 amide bonds. The highest BCUT2D eigenvalue weighted by molar-refractivity contribution is 7.15. The topological polar surface area (TPSA) is 187 Å². The van der Waals surface area contributed by atoms with E-state index in [-0.39, 0.29) is 61.2 Å².